The van der Waals surface area contributed by atoms with Crippen LogP contribution >= 0.6 is 0 Å². The Kier molecular flexibility index (Phi) is 2.39. The van der Waals surface area contributed by atoms with Gasteiger partial charge >= 0.3 is 0 Å². The van der Waals surface area contributed by atoms with Crippen LogP contribution in [0.5, 0.6) is 0 Å². The van der Waals surface area contributed by atoms with E-state index in [0.717, 1.165) is 17.0 Å². The van der Waals surface area contributed by atoms with E-state index < -0.39 is 0 Å². The maximum Gasteiger partial charge on any atom is 0.216 e. The summed E-state index contributed by atoms with van der Waals surface area (Å²) in [5.41, 5.74) is 2.22. The Morgan fingerprint density at radius 2 is 2.24 bits per heavy atom. The van der Waals surface area contributed by atoms with Gasteiger partial charge in [-0.2, -0.15) is 0 Å². The van der Waals surface area contributed by atoms with Crippen molar-refractivity contribution in [2.45, 2.75) is 19.9 Å². The van der Waals surface area contributed by atoms with Gasteiger partial charge in [0.05, 0.1) is 6.04 Å². The van der Waals surface area contributed by atoms with E-state index in [9.17, 15) is 0 Å². The Hall–Kier alpha value is -1.77. The van der Waals surface area contributed by atoms with E-state index in [0.29, 0.717) is 18.6 Å². The van der Waals surface area contributed by atoms with Crippen molar-refractivity contribution < 1.29 is 4.74 Å². The van der Waals surface area contributed by atoms with E-state index in [1.165, 1.54) is 5.39 Å². The quantitative estimate of drug-likeness (QED) is 0.843. The molecule has 0 fully saturated rings. The van der Waals surface area contributed by atoms with Crippen LogP contribution in [0.15, 0.2) is 35.5 Å². The summed E-state index contributed by atoms with van der Waals surface area (Å²) in [5.74, 6) is 1.32. The zero-order valence-electron chi connectivity index (χ0n) is 10.1. The first-order valence-corrected chi connectivity index (χ1v) is 6.02. The third-order valence-corrected chi connectivity index (χ3v) is 3.24. The number of aromatic amines is 1. The van der Waals surface area contributed by atoms with Gasteiger partial charge in [-0.05, 0) is 30.2 Å². The Morgan fingerprint density at radius 3 is 3.00 bits per heavy atom. The van der Waals surface area contributed by atoms with Crippen molar-refractivity contribution >= 4 is 16.8 Å². The number of benzene rings is 1. The Balaban J connectivity index is 1.96. The third-order valence-electron chi connectivity index (χ3n) is 3.24. The lowest BCUT2D eigenvalue weighted by Crippen LogP contribution is -2.13. The maximum absolute atomic E-state index is 5.68. The van der Waals surface area contributed by atoms with Gasteiger partial charge in [0.15, 0.2) is 0 Å². The number of aromatic nitrogens is 1. The summed E-state index contributed by atoms with van der Waals surface area (Å²) in [6.45, 7) is 5.06. The van der Waals surface area contributed by atoms with E-state index in [1.807, 2.05) is 6.20 Å². The number of rotatable bonds is 2. The number of ether oxygens (including phenoxy) is 1. The number of nitrogens with one attached hydrogen (secondary N) is 1. The minimum absolute atomic E-state index is 0.298. The van der Waals surface area contributed by atoms with Crippen LogP contribution in [0.25, 0.3) is 10.9 Å². The molecule has 0 spiro atoms. The highest BCUT2D eigenvalue weighted by Gasteiger charge is 2.22. The fourth-order valence-electron chi connectivity index (χ4n) is 2.08. The minimum Gasteiger partial charge on any atom is -0.475 e. The average Bonchev–Trinajstić information content (AvgIpc) is 2.97. The van der Waals surface area contributed by atoms with Crippen LogP contribution in [-0.2, 0) is 4.74 Å². The van der Waals surface area contributed by atoms with Crippen molar-refractivity contribution in [3.8, 4) is 0 Å². The zero-order chi connectivity index (χ0) is 11.8. The summed E-state index contributed by atoms with van der Waals surface area (Å²) < 4.78 is 5.68. The van der Waals surface area contributed by atoms with Crippen LogP contribution < -0.4 is 0 Å². The van der Waals surface area contributed by atoms with Crippen LogP contribution in [0.4, 0.5) is 0 Å². The van der Waals surface area contributed by atoms with Crippen molar-refractivity contribution in [2.75, 3.05) is 6.61 Å². The second kappa shape index (κ2) is 3.91. The van der Waals surface area contributed by atoms with Crippen molar-refractivity contribution in [2.24, 2.45) is 10.9 Å². The number of hydrogen-bond acceptors (Lipinski definition) is 2. The summed E-state index contributed by atoms with van der Waals surface area (Å²) in [6.07, 6.45) is 1.95. The van der Waals surface area contributed by atoms with E-state index in [1.54, 1.807) is 0 Å². The van der Waals surface area contributed by atoms with Gasteiger partial charge < -0.3 is 9.72 Å². The first-order chi connectivity index (χ1) is 8.24. The lowest BCUT2D eigenvalue weighted by Gasteiger charge is -2.06. The lowest BCUT2D eigenvalue weighted by molar-refractivity contribution is 0.292. The number of nitrogens with zero attached hydrogens (tertiary/aromatic N) is 1. The molecule has 0 radical (unpaired) electrons. The molecule has 17 heavy (non-hydrogen) atoms. The highest BCUT2D eigenvalue weighted by molar-refractivity contribution is 5.98. The molecular weight excluding hydrogens is 212 g/mol. The van der Waals surface area contributed by atoms with Gasteiger partial charge in [-0.15, -0.1) is 0 Å². The number of aliphatic imine (C=N–C) groups is 1. The summed E-state index contributed by atoms with van der Waals surface area (Å²) in [4.78, 5) is 7.82. The topological polar surface area (TPSA) is 37.4 Å². The Morgan fingerprint density at radius 1 is 1.35 bits per heavy atom. The molecule has 3 heteroatoms. The highest BCUT2D eigenvalue weighted by atomic mass is 16.5. The van der Waals surface area contributed by atoms with Crippen molar-refractivity contribution in [1.29, 1.82) is 0 Å². The van der Waals surface area contributed by atoms with Gasteiger partial charge in [0.25, 0.3) is 0 Å². The molecule has 0 bridgehead atoms. The van der Waals surface area contributed by atoms with Crippen LogP contribution in [0, 0.1) is 5.92 Å². The normalized spacial score (nSPS) is 19.7. The summed E-state index contributed by atoms with van der Waals surface area (Å²) >= 11 is 0. The molecule has 1 aromatic heterocycles. The van der Waals surface area contributed by atoms with Crippen LogP contribution in [0.3, 0.4) is 0 Å². The predicted molar refractivity (Wildman–Crippen MR) is 69.4 cm³/mol. The minimum atomic E-state index is 0.298. The molecule has 0 amide bonds. The molecule has 1 atom stereocenters. The second-order valence-corrected chi connectivity index (χ2v) is 4.84. The van der Waals surface area contributed by atoms with Crippen molar-refractivity contribution in [1.82, 2.24) is 4.98 Å². The SMILES string of the molecule is CC(C)[C@H]1COC(c2ccc3[nH]ccc3c2)=N1. The monoisotopic (exact) mass is 228 g/mol. The summed E-state index contributed by atoms with van der Waals surface area (Å²) in [7, 11) is 0. The first kappa shape index (κ1) is 10.4. The molecule has 88 valence electrons. The molecule has 1 N–H and O–H groups in total. The van der Waals surface area contributed by atoms with Crippen LogP contribution in [0.1, 0.15) is 19.4 Å². The molecule has 1 aliphatic heterocycles. The molecular formula is C14H16N2O. The zero-order valence-corrected chi connectivity index (χ0v) is 10.1. The van der Waals surface area contributed by atoms with Gasteiger partial charge in [-0.3, -0.25) is 0 Å². The number of H-pyrrole nitrogens is 1. The second-order valence-electron chi connectivity index (χ2n) is 4.84. The van der Waals surface area contributed by atoms with Crippen LogP contribution in [-0.4, -0.2) is 23.5 Å². The molecule has 0 unspecified atom stereocenters. The molecule has 1 aromatic carbocycles. The van der Waals surface area contributed by atoms with Crippen molar-refractivity contribution in [3.05, 3.63) is 36.0 Å². The molecule has 0 aliphatic carbocycles. The highest BCUT2D eigenvalue weighted by Crippen LogP contribution is 2.20. The Labute approximate surface area is 101 Å². The molecule has 3 rings (SSSR count). The molecule has 2 heterocycles. The van der Waals surface area contributed by atoms with Gasteiger partial charge in [0.1, 0.15) is 6.61 Å². The first-order valence-electron chi connectivity index (χ1n) is 6.02. The van der Waals surface area contributed by atoms with E-state index in [4.69, 9.17) is 4.74 Å². The largest absolute Gasteiger partial charge is 0.475 e. The third kappa shape index (κ3) is 1.82. The van der Waals surface area contributed by atoms with E-state index in [-0.39, 0.29) is 0 Å². The van der Waals surface area contributed by atoms with E-state index in [2.05, 4.69) is 48.1 Å². The van der Waals surface area contributed by atoms with Crippen molar-refractivity contribution in [3.63, 3.8) is 0 Å². The Bertz CT molecular complexity index is 568. The molecule has 0 saturated carbocycles. The predicted octanol–water partition coefficient (Wildman–Crippen LogP) is 2.97. The van der Waals surface area contributed by atoms with Crippen LogP contribution in [0.2, 0.25) is 0 Å². The lowest BCUT2D eigenvalue weighted by atomic mass is 10.1. The fraction of sp³-hybridized carbons (Fsp3) is 0.357. The molecule has 1 aliphatic rings. The molecule has 2 aromatic rings. The van der Waals surface area contributed by atoms with E-state index >= 15 is 0 Å². The summed E-state index contributed by atoms with van der Waals surface area (Å²) in [6, 6.07) is 8.60. The van der Waals surface area contributed by atoms with Gasteiger partial charge in [-0.1, -0.05) is 13.8 Å². The van der Waals surface area contributed by atoms with Gasteiger partial charge in [0, 0.05) is 22.7 Å². The van der Waals surface area contributed by atoms with Gasteiger partial charge in [0.2, 0.25) is 5.90 Å². The standard InChI is InChI=1S/C14H16N2O/c1-9(2)13-8-17-14(16-13)11-3-4-12-10(7-11)5-6-15-12/h3-7,9,13,15H,8H2,1-2H3/t13-/m1/s1. The molecule has 3 nitrogen and oxygen atoms in total. The average molecular weight is 228 g/mol. The molecule has 0 saturated heterocycles. The smallest absolute Gasteiger partial charge is 0.216 e. The maximum atomic E-state index is 5.68. The summed E-state index contributed by atoms with van der Waals surface area (Å²) in [5, 5.41) is 1.20. The fourth-order valence-corrected chi connectivity index (χ4v) is 2.08. The number of fused-ring (bicyclic) bond motifs is 1. The van der Waals surface area contributed by atoms with Gasteiger partial charge in [-0.25, -0.2) is 4.99 Å². The number of hydrogen-bond donors (Lipinski definition) is 1.